The van der Waals surface area contributed by atoms with E-state index in [1.165, 1.54) is 21.1 Å². The Morgan fingerprint density at radius 3 is 2.37 bits per heavy atom. The van der Waals surface area contributed by atoms with Crippen LogP contribution in [0.1, 0.15) is 72.7 Å². The number of carbonyl (C=O) groups is 3. The van der Waals surface area contributed by atoms with Crippen molar-refractivity contribution in [2.75, 3.05) is 4.90 Å². The van der Waals surface area contributed by atoms with Crippen LogP contribution < -0.4 is 10.2 Å². The second kappa shape index (κ2) is 6.89. The van der Waals surface area contributed by atoms with Gasteiger partial charge in [-0.3, -0.25) is 14.4 Å². The molecule has 3 aliphatic heterocycles. The Morgan fingerprint density at radius 2 is 1.70 bits per heavy atom. The lowest BCUT2D eigenvalue weighted by atomic mass is 9.81. The van der Waals surface area contributed by atoms with Crippen molar-refractivity contribution in [3.8, 4) is 0 Å². The summed E-state index contributed by atoms with van der Waals surface area (Å²) >= 11 is 1.50. The number of imide groups is 1. The molecule has 4 heterocycles. The molecule has 0 radical (unpaired) electrons. The minimum absolute atomic E-state index is 0.0964. The van der Waals surface area contributed by atoms with Gasteiger partial charge >= 0.3 is 0 Å². The number of nitrogens with one attached hydrogen (secondary N) is 1. The van der Waals surface area contributed by atoms with E-state index in [9.17, 15) is 14.4 Å². The van der Waals surface area contributed by atoms with Crippen molar-refractivity contribution in [2.45, 2.75) is 83.0 Å². The third-order valence-electron chi connectivity index (χ3n) is 7.90. The second-order valence-corrected chi connectivity index (χ2v) is 10.9. The van der Waals surface area contributed by atoms with Crippen LogP contribution in [0.25, 0.3) is 0 Å². The Labute approximate surface area is 180 Å². The van der Waals surface area contributed by atoms with Gasteiger partial charge in [-0.25, -0.2) is 4.90 Å². The fraction of sp³-hybridized carbons (Fsp3) is 0.696. The van der Waals surface area contributed by atoms with Gasteiger partial charge in [-0.1, -0.05) is 19.8 Å². The molecule has 1 N–H and O–H groups in total. The lowest BCUT2D eigenvalue weighted by Gasteiger charge is -2.21. The van der Waals surface area contributed by atoms with Gasteiger partial charge in [0.15, 0.2) is 0 Å². The van der Waals surface area contributed by atoms with Crippen LogP contribution in [-0.4, -0.2) is 36.0 Å². The van der Waals surface area contributed by atoms with E-state index in [4.69, 9.17) is 4.74 Å². The summed E-state index contributed by atoms with van der Waals surface area (Å²) in [6.45, 7) is 2.23. The van der Waals surface area contributed by atoms with Crippen molar-refractivity contribution in [1.82, 2.24) is 5.32 Å². The zero-order valence-corrected chi connectivity index (χ0v) is 18.1. The number of hydrogen-bond acceptors (Lipinski definition) is 5. The number of amides is 3. The average Bonchev–Trinajstić information content (AvgIpc) is 3.51. The maximum atomic E-state index is 13.4. The number of ether oxygens (including phenoxy) is 1. The van der Waals surface area contributed by atoms with Crippen LogP contribution in [0.4, 0.5) is 5.00 Å². The highest BCUT2D eigenvalue weighted by Gasteiger charge is 2.63. The zero-order valence-electron chi connectivity index (χ0n) is 17.3. The summed E-state index contributed by atoms with van der Waals surface area (Å²) in [7, 11) is 0. The summed E-state index contributed by atoms with van der Waals surface area (Å²) in [4.78, 5) is 42.7. The summed E-state index contributed by atoms with van der Waals surface area (Å²) in [5.74, 6) is -0.568. The third kappa shape index (κ3) is 2.67. The van der Waals surface area contributed by atoms with Gasteiger partial charge in [0, 0.05) is 10.9 Å². The first-order valence-corrected chi connectivity index (χ1v) is 12.3. The average molecular weight is 429 g/mol. The largest absolute Gasteiger partial charge is 0.373 e. The van der Waals surface area contributed by atoms with Crippen molar-refractivity contribution < 1.29 is 19.1 Å². The molecule has 3 saturated heterocycles. The third-order valence-corrected chi connectivity index (χ3v) is 9.14. The van der Waals surface area contributed by atoms with Gasteiger partial charge in [0.1, 0.15) is 5.00 Å². The standard InChI is InChI=1S/C23H28N2O4S/c1-11-6-7-13-16(10-11)30-23(17(13)20(26)24-12-4-2-3-5-12)25-21(27)18-14-8-9-15(29-14)19(18)22(25)28/h11-12,14-15,18-19H,2-10H2,1H3,(H,24,26)/t11-,14-,15-,18-,19+/m0/s1. The van der Waals surface area contributed by atoms with E-state index < -0.39 is 0 Å². The number of anilines is 1. The Bertz CT molecular complexity index is 906. The highest BCUT2D eigenvalue weighted by Crippen LogP contribution is 2.52. The number of carbonyl (C=O) groups excluding carboxylic acids is 3. The van der Waals surface area contributed by atoms with E-state index in [0.717, 1.165) is 63.4 Å². The van der Waals surface area contributed by atoms with Crippen molar-refractivity contribution in [3.05, 3.63) is 16.0 Å². The van der Waals surface area contributed by atoms with Crippen molar-refractivity contribution in [1.29, 1.82) is 0 Å². The minimum Gasteiger partial charge on any atom is -0.373 e. The van der Waals surface area contributed by atoms with E-state index in [1.54, 1.807) is 0 Å². The molecular formula is C23H28N2O4S. The molecule has 1 saturated carbocycles. The highest BCUT2D eigenvalue weighted by atomic mass is 32.1. The molecule has 4 fully saturated rings. The Kier molecular flexibility index (Phi) is 4.36. The molecule has 2 bridgehead atoms. The zero-order chi connectivity index (χ0) is 20.6. The first-order chi connectivity index (χ1) is 14.5. The normalized spacial score (nSPS) is 35.2. The lowest BCUT2D eigenvalue weighted by molar-refractivity contribution is -0.124. The van der Waals surface area contributed by atoms with Crippen molar-refractivity contribution in [3.63, 3.8) is 0 Å². The monoisotopic (exact) mass is 428 g/mol. The van der Waals surface area contributed by atoms with Gasteiger partial charge < -0.3 is 10.1 Å². The van der Waals surface area contributed by atoms with Crippen molar-refractivity contribution >= 4 is 34.1 Å². The Balaban J connectivity index is 1.40. The maximum absolute atomic E-state index is 13.4. The topological polar surface area (TPSA) is 75.7 Å². The summed E-state index contributed by atoms with van der Waals surface area (Å²) in [6, 6.07) is 0.206. The van der Waals surface area contributed by atoms with Gasteiger partial charge in [-0.05, 0) is 56.4 Å². The Hall–Kier alpha value is -1.73. The van der Waals surface area contributed by atoms with E-state index >= 15 is 0 Å². The van der Waals surface area contributed by atoms with Gasteiger partial charge in [-0.15, -0.1) is 11.3 Å². The van der Waals surface area contributed by atoms with Crippen LogP contribution in [0.5, 0.6) is 0 Å². The first-order valence-electron chi connectivity index (χ1n) is 11.5. The molecule has 3 amide bonds. The summed E-state index contributed by atoms with van der Waals surface area (Å²) in [6.07, 6.45) is 8.56. The molecule has 6 nitrogen and oxygen atoms in total. The van der Waals surface area contributed by atoms with Crippen LogP contribution in [0.2, 0.25) is 0 Å². The molecule has 7 heteroatoms. The number of rotatable bonds is 3. The van der Waals surface area contributed by atoms with Crippen LogP contribution in [0, 0.1) is 17.8 Å². The predicted molar refractivity (Wildman–Crippen MR) is 113 cm³/mol. The van der Waals surface area contributed by atoms with E-state index in [-0.39, 0.29) is 47.8 Å². The molecule has 0 aromatic carbocycles. The molecule has 160 valence electrons. The number of thiophene rings is 1. The fourth-order valence-corrected chi connectivity index (χ4v) is 7.89. The van der Waals surface area contributed by atoms with Gasteiger partial charge in [0.2, 0.25) is 11.8 Å². The molecule has 0 spiro atoms. The van der Waals surface area contributed by atoms with Crippen LogP contribution >= 0.6 is 11.3 Å². The molecule has 5 atom stereocenters. The summed E-state index contributed by atoms with van der Waals surface area (Å²) < 4.78 is 5.88. The Morgan fingerprint density at radius 1 is 1.03 bits per heavy atom. The summed E-state index contributed by atoms with van der Waals surface area (Å²) in [5.41, 5.74) is 1.67. The molecule has 6 rings (SSSR count). The molecule has 1 aromatic rings. The number of nitrogens with zero attached hydrogens (tertiary/aromatic N) is 1. The van der Waals surface area contributed by atoms with Crippen LogP contribution in [0.3, 0.4) is 0 Å². The van der Waals surface area contributed by atoms with Crippen molar-refractivity contribution in [2.24, 2.45) is 17.8 Å². The minimum atomic E-state index is -0.361. The summed E-state index contributed by atoms with van der Waals surface area (Å²) in [5, 5.41) is 3.79. The van der Waals surface area contributed by atoms with E-state index in [1.807, 2.05) is 0 Å². The molecule has 0 unspecified atom stereocenters. The number of fused-ring (bicyclic) bond motifs is 6. The second-order valence-electron chi connectivity index (χ2n) is 9.84. The van der Waals surface area contributed by atoms with Gasteiger partial charge in [0.05, 0.1) is 29.6 Å². The molecule has 5 aliphatic rings. The maximum Gasteiger partial charge on any atom is 0.254 e. The number of hydrogen-bond donors (Lipinski definition) is 1. The quantitative estimate of drug-likeness (QED) is 0.750. The van der Waals surface area contributed by atoms with E-state index in [0.29, 0.717) is 16.5 Å². The SMILES string of the molecule is C[C@H]1CCc2c(sc(N3C(=O)[C@@H]4[C@H](C3=O)[C@@H]3CC[C@@H]4O3)c2C(=O)NC2CCCC2)C1. The smallest absolute Gasteiger partial charge is 0.254 e. The van der Waals surface area contributed by atoms with Crippen LogP contribution in [0.15, 0.2) is 0 Å². The molecule has 1 aromatic heterocycles. The molecular weight excluding hydrogens is 400 g/mol. The lowest BCUT2D eigenvalue weighted by Crippen LogP contribution is -2.37. The molecule has 30 heavy (non-hydrogen) atoms. The predicted octanol–water partition coefficient (Wildman–Crippen LogP) is 3.21. The van der Waals surface area contributed by atoms with Gasteiger partial charge in [-0.2, -0.15) is 0 Å². The fourth-order valence-electron chi connectivity index (χ4n) is 6.37. The van der Waals surface area contributed by atoms with Crippen LogP contribution in [-0.2, 0) is 27.2 Å². The van der Waals surface area contributed by atoms with Gasteiger partial charge in [0.25, 0.3) is 5.91 Å². The molecule has 2 aliphatic carbocycles. The highest BCUT2D eigenvalue weighted by molar-refractivity contribution is 7.17. The first kappa shape index (κ1) is 19.0. The van der Waals surface area contributed by atoms with E-state index in [2.05, 4.69) is 12.2 Å².